The van der Waals surface area contributed by atoms with Crippen LogP contribution in [0.4, 0.5) is 0 Å². The molecule has 0 saturated carbocycles. The van der Waals surface area contributed by atoms with Crippen LogP contribution < -0.4 is 14.9 Å². The fraction of sp³-hybridized carbons (Fsp3) is 0.130. The second-order valence-electron chi connectivity index (χ2n) is 6.10. The molecule has 5 nitrogen and oxygen atoms in total. The summed E-state index contributed by atoms with van der Waals surface area (Å²) in [6.07, 6.45) is 1.59. The van der Waals surface area contributed by atoms with Crippen molar-refractivity contribution in [1.29, 1.82) is 0 Å². The Morgan fingerprint density at radius 3 is 2.32 bits per heavy atom. The third-order valence-electron chi connectivity index (χ3n) is 4.00. The minimum atomic E-state index is -0.245. The molecule has 0 radical (unpaired) electrons. The maximum atomic E-state index is 11.9. The lowest BCUT2D eigenvalue weighted by atomic mass is 10.2. The molecule has 0 saturated heterocycles. The van der Waals surface area contributed by atoms with Gasteiger partial charge in [0.05, 0.1) is 6.21 Å². The first-order valence-corrected chi connectivity index (χ1v) is 9.02. The van der Waals surface area contributed by atoms with Crippen molar-refractivity contribution in [2.45, 2.75) is 6.92 Å². The Kier molecular flexibility index (Phi) is 6.79. The van der Waals surface area contributed by atoms with Gasteiger partial charge in [-0.1, -0.05) is 36.4 Å². The van der Waals surface area contributed by atoms with Crippen LogP contribution in [-0.4, -0.2) is 25.3 Å². The zero-order chi connectivity index (χ0) is 19.6. The lowest BCUT2D eigenvalue weighted by Gasteiger charge is -2.10. The number of carbonyl (C=O) groups excluding carboxylic acids is 1. The molecule has 3 aromatic rings. The smallest absolute Gasteiger partial charge is 0.271 e. The second kappa shape index (κ2) is 9.92. The number of nitrogens with one attached hydrogen (secondary N) is 1. The van der Waals surface area contributed by atoms with Crippen LogP contribution in [0, 0.1) is 6.92 Å². The molecule has 0 atom stereocenters. The number of rotatable bonds is 8. The highest BCUT2D eigenvalue weighted by Gasteiger charge is 2.02. The summed E-state index contributed by atoms with van der Waals surface area (Å²) in [6.45, 7) is 2.94. The molecule has 28 heavy (non-hydrogen) atoms. The quantitative estimate of drug-likeness (QED) is 0.365. The molecule has 3 rings (SSSR count). The Morgan fingerprint density at radius 1 is 0.893 bits per heavy atom. The summed E-state index contributed by atoms with van der Waals surface area (Å²) >= 11 is 0. The Bertz CT molecular complexity index is 922. The average Bonchev–Trinajstić information content (AvgIpc) is 2.74. The van der Waals surface area contributed by atoms with Gasteiger partial charge in [-0.3, -0.25) is 4.79 Å². The van der Waals surface area contributed by atoms with Crippen molar-refractivity contribution < 1.29 is 14.3 Å². The van der Waals surface area contributed by atoms with E-state index in [9.17, 15) is 4.79 Å². The van der Waals surface area contributed by atoms with E-state index in [1.807, 2.05) is 73.7 Å². The SMILES string of the molecule is Cc1ccccc1OCCOc1ccc(/C=N\NC(=O)c2ccccc2)cc1. The highest BCUT2D eigenvalue weighted by molar-refractivity contribution is 5.94. The zero-order valence-electron chi connectivity index (χ0n) is 15.7. The molecule has 0 aromatic heterocycles. The van der Waals surface area contributed by atoms with Gasteiger partial charge >= 0.3 is 0 Å². The van der Waals surface area contributed by atoms with Gasteiger partial charge in [0.2, 0.25) is 0 Å². The minimum absolute atomic E-state index is 0.245. The summed E-state index contributed by atoms with van der Waals surface area (Å²) in [7, 11) is 0. The number of benzene rings is 3. The number of carbonyl (C=O) groups is 1. The third kappa shape index (κ3) is 5.71. The van der Waals surface area contributed by atoms with Crippen LogP contribution in [0.5, 0.6) is 11.5 Å². The van der Waals surface area contributed by atoms with Gasteiger partial charge in [-0.15, -0.1) is 0 Å². The van der Waals surface area contributed by atoms with Crippen LogP contribution in [0.2, 0.25) is 0 Å². The first-order chi connectivity index (χ1) is 13.7. The van der Waals surface area contributed by atoms with E-state index in [0.29, 0.717) is 18.8 Å². The molecule has 0 aliphatic carbocycles. The van der Waals surface area contributed by atoms with Crippen LogP contribution in [0.1, 0.15) is 21.5 Å². The average molecular weight is 374 g/mol. The highest BCUT2D eigenvalue weighted by atomic mass is 16.5. The van der Waals surface area contributed by atoms with Crippen LogP contribution in [0.3, 0.4) is 0 Å². The number of amides is 1. The fourth-order valence-electron chi connectivity index (χ4n) is 2.50. The number of hydrogen-bond donors (Lipinski definition) is 1. The molecule has 0 unspecified atom stereocenters. The Hall–Kier alpha value is -3.60. The summed E-state index contributed by atoms with van der Waals surface area (Å²) in [6, 6.07) is 24.3. The van der Waals surface area contributed by atoms with E-state index in [4.69, 9.17) is 9.47 Å². The highest BCUT2D eigenvalue weighted by Crippen LogP contribution is 2.16. The van der Waals surface area contributed by atoms with E-state index in [-0.39, 0.29) is 5.91 Å². The maximum absolute atomic E-state index is 11.9. The monoisotopic (exact) mass is 374 g/mol. The summed E-state index contributed by atoms with van der Waals surface area (Å²) in [5, 5.41) is 3.98. The van der Waals surface area contributed by atoms with E-state index in [1.165, 1.54) is 0 Å². The van der Waals surface area contributed by atoms with Gasteiger partial charge in [-0.2, -0.15) is 5.10 Å². The zero-order valence-corrected chi connectivity index (χ0v) is 15.7. The number of hydrogen-bond acceptors (Lipinski definition) is 4. The van der Waals surface area contributed by atoms with Crippen LogP contribution in [-0.2, 0) is 0 Å². The Morgan fingerprint density at radius 2 is 1.57 bits per heavy atom. The van der Waals surface area contributed by atoms with Crippen molar-refractivity contribution in [2.75, 3.05) is 13.2 Å². The number of aryl methyl sites for hydroxylation is 1. The third-order valence-corrected chi connectivity index (χ3v) is 4.00. The standard InChI is InChI=1S/C23H22N2O3/c1-18-7-5-6-10-22(18)28-16-15-27-21-13-11-19(12-14-21)17-24-25-23(26)20-8-3-2-4-9-20/h2-14,17H,15-16H2,1H3,(H,25,26)/b24-17-. The van der Waals surface area contributed by atoms with Gasteiger partial charge in [0.25, 0.3) is 5.91 Å². The van der Waals surface area contributed by atoms with E-state index in [2.05, 4.69) is 10.5 Å². The molecular formula is C23H22N2O3. The van der Waals surface area contributed by atoms with Crippen molar-refractivity contribution in [1.82, 2.24) is 5.43 Å². The minimum Gasteiger partial charge on any atom is -0.490 e. The van der Waals surface area contributed by atoms with Gasteiger partial charge < -0.3 is 9.47 Å². The Balaban J connectivity index is 1.42. The topological polar surface area (TPSA) is 59.9 Å². The number of nitrogens with zero attached hydrogens (tertiary/aromatic N) is 1. The van der Waals surface area contributed by atoms with Crippen molar-refractivity contribution >= 4 is 12.1 Å². The Labute approximate surface area is 164 Å². The van der Waals surface area contributed by atoms with Gasteiger partial charge in [-0.25, -0.2) is 5.43 Å². The van der Waals surface area contributed by atoms with Gasteiger partial charge in [-0.05, 0) is 60.5 Å². The number of hydrazone groups is 1. The molecular weight excluding hydrogens is 352 g/mol. The predicted octanol–water partition coefficient (Wildman–Crippen LogP) is 4.22. The van der Waals surface area contributed by atoms with Gasteiger partial charge in [0.1, 0.15) is 24.7 Å². The molecule has 142 valence electrons. The predicted molar refractivity (Wildman–Crippen MR) is 110 cm³/mol. The van der Waals surface area contributed by atoms with E-state index >= 15 is 0 Å². The first-order valence-electron chi connectivity index (χ1n) is 9.02. The first kappa shape index (κ1) is 19.2. The van der Waals surface area contributed by atoms with Gasteiger partial charge in [0, 0.05) is 5.56 Å². The van der Waals surface area contributed by atoms with Crippen LogP contribution in [0.15, 0.2) is 84.0 Å². The second-order valence-corrected chi connectivity index (χ2v) is 6.10. The molecule has 0 spiro atoms. The lowest BCUT2D eigenvalue weighted by Crippen LogP contribution is -2.17. The largest absolute Gasteiger partial charge is 0.490 e. The lowest BCUT2D eigenvalue weighted by molar-refractivity contribution is 0.0955. The summed E-state index contributed by atoms with van der Waals surface area (Å²) in [5.74, 6) is 1.37. The van der Waals surface area contributed by atoms with Crippen LogP contribution >= 0.6 is 0 Å². The van der Waals surface area contributed by atoms with E-state index < -0.39 is 0 Å². The molecule has 0 bridgehead atoms. The molecule has 0 aliphatic heterocycles. The normalized spacial score (nSPS) is 10.6. The number of ether oxygens (including phenoxy) is 2. The fourth-order valence-corrected chi connectivity index (χ4v) is 2.50. The summed E-state index contributed by atoms with van der Waals surface area (Å²) in [4.78, 5) is 11.9. The molecule has 1 amide bonds. The molecule has 0 aliphatic rings. The van der Waals surface area contributed by atoms with Gasteiger partial charge in [0.15, 0.2) is 0 Å². The van der Waals surface area contributed by atoms with Crippen molar-refractivity contribution in [3.05, 3.63) is 95.6 Å². The number of para-hydroxylation sites is 1. The van der Waals surface area contributed by atoms with E-state index in [1.54, 1.807) is 18.3 Å². The summed E-state index contributed by atoms with van der Waals surface area (Å²) in [5.41, 5.74) is 5.03. The van der Waals surface area contributed by atoms with Crippen molar-refractivity contribution in [2.24, 2.45) is 5.10 Å². The van der Waals surface area contributed by atoms with E-state index in [0.717, 1.165) is 22.6 Å². The molecule has 3 aromatic carbocycles. The molecule has 5 heteroatoms. The van der Waals surface area contributed by atoms with Crippen molar-refractivity contribution in [3.8, 4) is 11.5 Å². The maximum Gasteiger partial charge on any atom is 0.271 e. The molecule has 0 fully saturated rings. The van der Waals surface area contributed by atoms with Crippen molar-refractivity contribution in [3.63, 3.8) is 0 Å². The summed E-state index contributed by atoms with van der Waals surface area (Å²) < 4.78 is 11.4. The molecule has 0 heterocycles. The van der Waals surface area contributed by atoms with Crippen LogP contribution in [0.25, 0.3) is 0 Å². The molecule has 1 N–H and O–H groups in total.